The molecule has 2 aliphatic rings. The van der Waals surface area contributed by atoms with E-state index in [0.29, 0.717) is 11.1 Å². The van der Waals surface area contributed by atoms with E-state index in [1.54, 1.807) is 97.1 Å². The summed E-state index contributed by atoms with van der Waals surface area (Å²) < 4.78 is 32.3. The number of esters is 2. The Bertz CT molecular complexity index is 1750. The molecule has 2 saturated heterocycles. The van der Waals surface area contributed by atoms with Crippen LogP contribution in [-0.2, 0) is 18.9 Å². The van der Waals surface area contributed by atoms with Gasteiger partial charge in [0.2, 0.25) is 0 Å². The van der Waals surface area contributed by atoms with E-state index in [1.807, 2.05) is 24.3 Å². The van der Waals surface area contributed by atoms with Crippen LogP contribution in [0.15, 0.2) is 97.1 Å². The molecule has 0 aromatic heterocycles. The summed E-state index contributed by atoms with van der Waals surface area (Å²) in [6, 6.07) is 26.8. The Labute approximate surface area is 285 Å². The van der Waals surface area contributed by atoms with E-state index in [1.165, 1.54) is 0 Å². The lowest BCUT2D eigenvalue weighted by Gasteiger charge is -2.17. The minimum Gasteiger partial charge on any atom is -0.453 e. The van der Waals surface area contributed by atoms with Crippen molar-refractivity contribution in [1.82, 2.24) is 0 Å². The highest BCUT2D eigenvalue weighted by molar-refractivity contribution is 5.90. The lowest BCUT2D eigenvalue weighted by Crippen LogP contribution is -2.36. The van der Waals surface area contributed by atoms with Crippen LogP contribution in [0, 0.1) is 0 Å². The second kappa shape index (κ2) is 15.3. The molecule has 50 heavy (non-hydrogen) atoms. The molecule has 0 aliphatic carbocycles. The van der Waals surface area contributed by atoms with Gasteiger partial charge < -0.3 is 38.6 Å². The second-order valence-electron chi connectivity index (χ2n) is 11.3. The van der Waals surface area contributed by atoms with E-state index in [9.17, 15) is 19.2 Å². The van der Waals surface area contributed by atoms with Crippen molar-refractivity contribution in [3.63, 3.8) is 0 Å². The first kappa shape index (κ1) is 33.7. The van der Waals surface area contributed by atoms with Crippen LogP contribution in [0.4, 0.5) is 9.59 Å². The Morgan fingerprint density at radius 2 is 0.800 bits per heavy atom. The molecule has 2 fully saturated rings. The summed E-state index contributed by atoms with van der Waals surface area (Å²) in [7, 11) is 0. The van der Waals surface area contributed by atoms with Gasteiger partial charge >= 0.3 is 24.2 Å². The zero-order chi connectivity index (χ0) is 35.0. The molecule has 0 saturated carbocycles. The zero-order valence-electron chi connectivity index (χ0n) is 26.2. The van der Waals surface area contributed by atoms with Gasteiger partial charge in [0.25, 0.3) is 0 Å². The molecule has 4 atom stereocenters. The fourth-order valence-corrected chi connectivity index (χ4v) is 5.38. The third kappa shape index (κ3) is 8.61. The molecule has 4 aromatic carbocycles. The van der Waals surface area contributed by atoms with Crippen molar-refractivity contribution in [1.29, 1.82) is 0 Å². The molecule has 2 aliphatic heterocycles. The highest BCUT2D eigenvalue weighted by atomic mass is 16.7. The summed E-state index contributed by atoms with van der Waals surface area (Å²) in [6.07, 6.45) is 2.13. The monoisotopic (exact) mass is 678 g/mol. The van der Waals surface area contributed by atoms with Crippen LogP contribution >= 0.6 is 0 Å². The molecule has 0 amide bonds. The number of rotatable bonds is 10. The van der Waals surface area contributed by atoms with Crippen LogP contribution in [-0.4, -0.2) is 72.1 Å². The maximum Gasteiger partial charge on any atom is 0.511 e. The lowest BCUT2D eigenvalue weighted by molar-refractivity contribution is -0.0287. The molecule has 0 unspecified atom stereocenters. The quantitative estimate of drug-likeness (QED) is 0.104. The van der Waals surface area contributed by atoms with Gasteiger partial charge in [-0.15, -0.1) is 0 Å². The number of carbonyl (C=O) groups excluding carboxylic acids is 2. The number of fused-ring (bicyclic) bond motifs is 1. The molecule has 0 spiro atoms. The first-order valence-electron chi connectivity index (χ1n) is 15.4. The van der Waals surface area contributed by atoms with Gasteiger partial charge in [-0.1, -0.05) is 72.8 Å². The molecular weight excluding hydrogens is 648 g/mol. The van der Waals surface area contributed by atoms with E-state index < -0.39 is 48.7 Å². The van der Waals surface area contributed by atoms with Gasteiger partial charge in [0, 0.05) is 0 Å². The van der Waals surface area contributed by atoms with Gasteiger partial charge in [0.05, 0.1) is 24.3 Å². The fourth-order valence-electron chi connectivity index (χ4n) is 5.38. The SMILES string of the molecule is O=C(O)Oc1ccc(/C=C/c2ccc(C(=O)O[C@H]3CO[C@H]4[C@@H]3OC[C@H]4OC(=O)c3ccc(/C=C/c4ccc(OC(=O)O)cc4)cc3)cc2)cc1. The van der Waals surface area contributed by atoms with Gasteiger partial charge in [0.1, 0.15) is 23.7 Å². The molecule has 12 heteroatoms. The highest BCUT2D eigenvalue weighted by Crippen LogP contribution is 2.31. The summed E-state index contributed by atoms with van der Waals surface area (Å²) in [5.41, 5.74) is 4.04. The molecule has 0 bridgehead atoms. The standard InChI is InChI=1S/C38H30O12/c39-35(27-13-5-23(6-14-27)1-3-25-9-17-29(18-10-25)47-37(41)42)49-31-21-45-34-32(22-46-33(31)34)50-36(40)28-15-7-24(8-16-28)2-4-26-11-19-30(20-12-26)48-38(43)44/h1-20,31-34H,21-22H2,(H,41,42)(H,43,44)/b3-1+,4-2+/t31-,32+,33-,34-/m1/s1. The number of carbonyl (C=O) groups is 4. The zero-order valence-corrected chi connectivity index (χ0v) is 26.2. The van der Waals surface area contributed by atoms with Gasteiger partial charge in [-0.25, -0.2) is 19.2 Å². The van der Waals surface area contributed by atoms with E-state index in [0.717, 1.165) is 22.3 Å². The fraction of sp³-hybridized carbons (Fsp3) is 0.158. The Hall–Kier alpha value is -6.24. The minimum atomic E-state index is -1.38. The third-order valence-corrected chi connectivity index (χ3v) is 7.88. The summed E-state index contributed by atoms with van der Waals surface area (Å²) >= 11 is 0. The van der Waals surface area contributed by atoms with Crippen molar-refractivity contribution in [3.05, 3.63) is 130 Å². The normalized spacial score (nSPS) is 19.6. The van der Waals surface area contributed by atoms with Crippen LogP contribution in [0.3, 0.4) is 0 Å². The Morgan fingerprint density at radius 3 is 1.10 bits per heavy atom. The average molecular weight is 679 g/mol. The van der Waals surface area contributed by atoms with Crippen molar-refractivity contribution in [2.45, 2.75) is 24.4 Å². The van der Waals surface area contributed by atoms with E-state index in [4.69, 9.17) is 29.2 Å². The largest absolute Gasteiger partial charge is 0.511 e. The van der Waals surface area contributed by atoms with Gasteiger partial charge in [0.15, 0.2) is 12.2 Å². The molecule has 254 valence electrons. The first-order valence-corrected chi connectivity index (χ1v) is 15.4. The van der Waals surface area contributed by atoms with E-state index in [2.05, 4.69) is 9.47 Å². The summed E-state index contributed by atoms with van der Waals surface area (Å²) in [5.74, 6) is -0.623. The number of ether oxygens (including phenoxy) is 6. The number of hydrogen-bond donors (Lipinski definition) is 2. The predicted molar refractivity (Wildman–Crippen MR) is 179 cm³/mol. The second-order valence-corrected chi connectivity index (χ2v) is 11.3. The van der Waals surface area contributed by atoms with Crippen molar-refractivity contribution in [2.75, 3.05) is 13.2 Å². The molecule has 0 radical (unpaired) electrons. The number of carboxylic acid groups (broad SMARTS) is 2. The lowest BCUT2D eigenvalue weighted by atomic mass is 10.1. The van der Waals surface area contributed by atoms with E-state index in [-0.39, 0.29) is 24.7 Å². The maximum absolute atomic E-state index is 12.9. The topological polar surface area (TPSA) is 164 Å². The highest BCUT2D eigenvalue weighted by Gasteiger charge is 2.51. The summed E-state index contributed by atoms with van der Waals surface area (Å²) in [4.78, 5) is 47.1. The van der Waals surface area contributed by atoms with Crippen molar-refractivity contribution in [2.24, 2.45) is 0 Å². The van der Waals surface area contributed by atoms with Gasteiger partial charge in [-0.2, -0.15) is 0 Å². The van der Waals surface area contributed by atoms with Crippen LogP contribution < -0.4 is 9.47 Å². The van der Waals surface area contributed by atoms with Crippen LogP contribution in [0.25, 0.3) is 24.3 Å². The maximum atomic E-state index is 12.9. The van der Waals surface area contributed by atoms with Crippen LogP contribution in [0.1, 0.15) is 43.0 Å². The first-order chi connectivity index (χ1) is 24.2. The summed E-state index contributed by atoms with van der Waals surface area (Å²) in [6.45, 7) is 0.200. The predicted octanol–water partition coefficient (Wildman–Crippen LogP) is 6.69. The average Bonchev–Trinajstić information content (AvgIpc) is 3.70. The summed E-state index contributed by atoms with van der Waals surface area (Å²) in [5, 5.41) is 17.4. The van der Waals surface area contributed by atoms with Crippen LogP contribution in [0.5, 0.6) is 11.5 Å². The van der Waals surface area contributed by atoms with Crippen molar-refractivity contribution in [3.8, 4) is 11.5 Å². The minimum absolute atomic E-state index is 0.0998. The molecular formula is C38H30O12. The molecule has 6 rings (SSSR count). The Balaban J connectivity index is 0.971. The van der Waals surface area contributed by atoms with Crippen molar-refractivity contribution < 1.29 is 57.8 Å². The van der Waals surface area contributed by atoms with Gasteiger partial charge in [-0.05, 0) is 70.8 Å². The van der Waals surface area contributed by atoms with Gasteiger partial charge in [-0.3, -0.25) is 0 Å². The Kier molecular flexibility index (Phi) is 10.3. The van der Waals surface area contributed by atoms with E-state index >= 15 is 0 Å². The Morgan fingerprint density at radius 1 is 0.500 bits per heavy atom. The molecule has 4 aromatic rings. The molecule has 2 heterocycles. The molecule has 12 nitrogen and oxygen atoms in total. The van der Waals surface area contributed by atoms with Crippen LogP contribution in [0.2, 0.25) is 0 Å². The third-order valence-electron chi connectivity index (χ3n) is 7.88. The van der Waals surface area contributed by atoms with Crippen molar-refractivity contribution >= 4 is 48.6 Å². The molecule has 2 N–H and O–H groups in total. The smallest absolute Gasteiger partial charge is 0.453 e. The number of benzene rings is 4. The number of hydrogen-bond acceptors (Lipinski definition) is 10.